The molecule has 2 rings (SSSR count). The molecule has 0 amide bonds. The minimum atomic E-state index is -1.50. The first-order valence-electron chi connectivity index (χ1n) is 19.4. The molecule has 51 heavy (non-hydrogen) atoms. The van der Waals surface area contributed by atoms with Crippen LogP contribution in [0.15, 0.2) is 0 Å². The fraction of sp³-hybridized carbons (Fsp3) is 1.00. The lowest BCUT2D eigenvalue weighted by Crippen LogP contribution is -2.65. The van der Waals surface area contributed by atoms with E-state index >= 15 is 0 Å². The number of aliphatic hydroxyl groups excluding tert-OH is 7. The molecule has 12 N–H and O–H groups in total. The van der Waals surface area contributed by atoms with Gasteiger partial charge >= 0.3 is 0 Å². The maximum absolute atomic E-state index is 10.7. The van der Waals surface area contributed by atoms with Crippen LogP contribution < -0.4 is 21.7 Å². The molecule has 0 aromatic rings. The lowest BCUT2D eigenvalue weighted by atomic mass is 9.94. The van der Waals surface area contributed by atoms with Gasteiger partial charge in [0, 0.05) is 38.4 Å². The molecule has 2 aliphatic heterocycles. The van der Waals surface area contributed by atoms with E-state index in [1.165, 1.54) is 25.7 Å². The fourth-order valence-electron chi connectivity index (χ4n) is 5.65. The first-order valence-corrected chi connectivity index (χ1v) is 19.4. The summed E-state index contributed by atoms with van der Waals surface area (Å²) >= 11 is 0. The van der Waals surface area contributed by atoms with E-state index in [1.54, 1.807) is 20.8 Å². The molecule has 308 valence electrons. The third kappa shape index (κ3) is 21.2. The highest BCUT2D eigenvalue weighted by molar-refractivity contribution is 4.94. The normalized spacial score (nSPS) is 31.8. The van der Waals surface area contributed by atoms with Crippen molar-refractivity contribution in [3.63, 3.8) is 0 Å². The molecular weight excluding hydrogens is 664 g/mol. The summed E-state index contributed by atoms with van der Waals surface area (Å²) in [5, 5.41) is 78.9. The number of ether oxygens (including phenoxy) is 4. The van der Waals surface area contributed by atoms with Crippen LogP contribution in [0.2, 0.25) is 0 Å². The van der Waals surface area contributed by atoms with Gasteiger partial charge in [-0.15, -0.1) is 0 Å². The van der Waals surface area contributed by atoms with Gasteiger partial charge in [0.1, 0.15) is 42.9 Å². The summed E-state index contributed by atoms with van der Waals surface area (Å²) in [4.78, 5) is 0. The molecule has 0 aromatic heterocycles. The summed E-state index contributed by atoms with van der Waals surface area (Å²) in [6.07, 6.45) is -4.44. The Labute approximate surface area is 308 Å². The van der Waals surface area contributed by atoms with E-state index in [9.17, 15) is 25.5 Å². The Hall–Kier alpha value is -0.600. The third-order valence-electron chi connectivity index (χ3n) is 8.72. The van der Waals surface area contributed by atoms with Crippen molar-refractivity contribution in [2.24, 2.45) is 5.73 Å². The van der Waals surface area contributed by atoms with Gasteiger partial charge in [-0.25, -0.2) is 0 Å². The molecule has 15 nitrogen and oxygen atoms in total. The van der Waals surface area contributed by atoms with Gasteiger partial charge in [-0.2, -0.15) is 0 Å². The van der Waals surface area contributed by atoms with E-state index in [0.29, 0.717) is 70.7 Å². The van der Waals surface area contributed by atoms with Gasteiger partial charge in [-0.05, 0) is 79.3 Å². The van der Waals surface area contributed by atoms with Crippen molar-refractivity contribution in [2.45, 2.75) is 192 Å². The van der Waals surface area contributed by atoms with Gasteiger partial charge < -0.3 is 71.1 Å². The first kappa shape index (κ1) is 50.4. The van der Waals surface area contributed by atoms with E-state index in [0.717, 1.165) is 6.42 Å². The predicted molar refractivity (Wildman–Crippen MR) is 198 cm³/mol. The van der Waals surface area contributed by atoms with E-state index in [2.05, 4.69) is 43.6 Å². The van der Waals surface area contributed by atoms with Crippen LogP contribution >= 0.6 is 0 Å². The van der Waals surface area contributed by atoms with Crippen molar-refractivity contribution >= 4 is 0 Å². The maximum Gasteiger partial charge on any atom is 0.187 e. The second-order valence-electron chi connectivity index (χ2n) is 14.0. The lowest BCUT2D eigenvalue weighted by Gasteiger charge is -2.46. The molecule has 15 heteroatoms. The summed E-state index contributed by atoms with van der Waals surface area (Å²) < 4.78 is 22.7. The molecule has 0 aliphatic carbocycles. The molecule has 0 bridgehead atoms. The molecule has 8 unspecified atom stereocenters. The summed E-state index contributed by atoms with van der Waals surface area (Å²) in [6.45, 7) is 19.5. The molecule has 2 aliphatic rings. The van der Waals surface area contributed by atoms with Crippen molar-refractivity contribution in [1.82, 2.24) is 16.0 Å². The fourth-order valence-corrected chi connectivity index (χ4v) is 5.65. The van der Waals surface area contributed by atoms with Crippen molar-refractivity contribution in [3.8, 4) is 0 Å². The first-order chi connectivity index (χ1) is 24.2. The van der Waals surface area contributed by atoms with E-state index in [-0.39, 0.29) is 12.2 Å². The molecular formula is C36H78N4O11. The second-order valence-corrected chi connectivity index (χ2v) is 14.0. The molecule has 2 saturated heterocycles. The van der Waals surface area contributed by atoms with Crippen LogP contribution in [0.4, 0.5) is 0 Å². The maximum atomic E-state index is 10.7. The van der Waals surface area contributed by atoms with Crippen LogP contribution in [0.25, 0.3) is 0 Å². The summed E-state index contributed by atoms with van der Waals surface area (Å²) in [5.41, 5.74) is 5.41. The molecule has 0 saturated carbocycles. The number of hydrogen-bond donors (Lipinski definition) is 11. The quantitative estimate of drug-likeness (QED) is 0.0659. The van der Waals surface area contributed by atoms with Crippen molar-refractivity contribution in [1.29, 1.82) is 0 Å². The van der Waals surface area contributed by atoms with Crippen molar-refractivity contribution in [2.75, 3.05) is 39.4 Å². The Bertz CT molecular complexity index is 782. The SMILES string of the molecule is CCC1O[C@H](O[C@@H]2C(CC)O[C@H](NCCCOCCCN)C(O)[C@H]2O)C(O)[C@@H](O)[C@@H]1O.CCCC(C)NCC(C)O.CCCC(C)NCC(C)O. The smallest absolute Gasteiger partial charge is 0.187 e. The molecule has 2 fully saturated rings. The van der Waals surface area contributed by atoms with Crippen LogP contribution in [-0.2, 0) is 18.9 Å². The van der Waals surface area contributed by atoms with E-state index in [1.807, 2.05) is 6.92 Å². The van der Waals surface area contributed by atoms with Crippen LogP contribution in [0.1, 0.15) is 107 Å². The van der Waals surface area contributed by atoms with Gasteiger partial charge in [0.05, 0.1) is 24.4 Å². The largest absolute Gasteiger partial charge is 0.392 e. The number of hydrogen-bond acceptors (Lipinski definition) is 15. The molecule has 14 atom stereocenters. The van der Waals surface area contributed by atoms with Gasteiger partial charge in [0.2, 0.25) is 0 Å². The average Bonchev–Trinajstić information content (AvgIpc) is 3.09. The zero-order valence-electron chi connectivity index (χ0n) is 32.8. The van der Waals surface area contributed by atoms with E-state index in [4.69, 9.17) is 34.9 Å². The average molecular weight is 743 g/mol. The molecule has 0 spiro atoms. The Morgan fingerprint density at radius 1 is 0.667 bits per heavy atom. The van der Waals surface area contributed by atoms with E-state index < -0.39 is 61.3 Å². The number of nitrogens with one attached hydrogen (secondary N) is 3. The highest BCUT2D eigenvalue weighted by Gasteiger charge is 2.49. The van der Waals surface area contributed by atoms with Crippen LogP contribution in [0, 0.1) is 0 Å². The van der Waals surface area contributed by atoms with Gasteiger partial charge in [0.25, 0.3) is 0 Å². The minimum Gasteiger partial charge on any atom is -0.392 e. The van der Waals surface area contributed by atoms with Crippen LogP contribution in [0.3, 0.4) is 0 Å². The standard InChI is InChI=1S/C20H40N2O9.2C8H19NO/c1-3-11-13(23)14(24)17(27)20(30-11)31-18-12(4-2)29-19(16(26)15(18)25)22-8-6-10-28-9-5-7-21;2*1-4-5-7(2)9-6-8(3)10/h11-20,22-27H,3-10,21H2,1-2H3;2*7-10H,4-6H2,1-3H3/t11?,12?,13-,14+,15-,16?,17?,18-,19+,20-;;/m1../s1. The molecule has 0 radical (unpaired) electrons. The number of aliphatic hydroxyl groups is 7. The monoisotopic (exact) mass is 743 g/mol. The zero-order chi connectivity index (χ0) is 38.9. The predicted octanol–water partition coefficient (Wildman–Crippen LogP) is 0.0818. The molecule has 0 aromatic carbocycles. The molecule has 2 heterocycles. The highest BCUT2D eigenvalue weighted by Crippen LogP contribution is 2.30. The Morgan fingerprint density at radius 3 is 1.67 bits per heavy atom. The number of nitrogens with two attached hydrogens (primary N) is 1. The highest BCUT2D eigenvalue weighted by atomic mass is 16.7. The summed E-state index contributed by atoms with van der Waals surface area (Å²) in [7, 11) is 0. The van der Waals surface area contributed by atoms with Crippen LogP contribution in [-0.4, -0.2) is 161 Å². The Kier molecular flexibility index (Phi) is 29.4. The summed E-state index contributed by atoms with van der Waals surface area (Å²) in [5.74, 6) is 0. The third-order valence-corrected chi connectivity index (χ3v) is 8.72. The summed E-state index contributed by atoms with van der Waals surface area (Å²) in [6, 6.07) is 1.08. The zero-order valence-corrected chi connectivity index (χ0v) is 32.8. The Balaban J connectivity index is 0.00000102. The number of rotatable bonds is 22. The Morgan fingerprint density at radius 2 is 1.20 bits per heavy atom. The topological polar surface area (TPSA) is 241 Å². The van der Waals surface area contributed by atoms with Gasteiger partial charge in [-0.3, -0.25) is 5.32 Å². The lowest BCUT2D eigenvalue weighted by molar-refractivity contribution is -0.339. The van der Waals surface area contributed by atoms with Crippen LogP contribution in [0.5, 0.6) is 0 Å². The van der Waals surface area contributed by atoms with Gasteiger partial charge in [-0.1, -0.05) is 40.5 Å². The van der Waals surface area contributed by atoms with Crippen molar-refractivity contribution < 1.29 is 54.7 Å². The van der Waals surface area contributed by atoms with Gasteiger partial charge in [0.15, 0.2) is 6.29 Å². The second kappa shape index (κ2) is 29.7. The van der Waals surface area contributed by atoms with Crippen molar-refractivity contribution in [3.05, 3.63) is 0 Å². The minimum absolute atomic E-state index is 0.223.